The van der Waals surface area contributed by atoms with Crippen molar-refractivity contribution in [3.05, 3.63) is 59.7 Å². The molecule has 5 heteroatoms. The number of anilines is 2. The van der Waals surface area contributed by atoms with Gasteiger partial charge in [-0.25, -0.2) is 4.79 Å². The number of Topliss-reactive ketones (excluding diaryl/α,β-unsaturated/α-hetero) is 1. The number of ketones is 1. The van der Waals surface area contributed by atoms with Gasteiger partial charge in [0, 0.05) is 22.5 Å². The Morgan fingerprint density at radius 1 is 0.952 bits per heavy atom. The van der Waals surface area contributed by atoms with Crippen LogP contribution in [-0.4, -0.2) is 18.1 Å². The number of hydrogen-bond donors (Lipinski definition) is 2. The normalized spacial score (nSPS) is 9.76. The third kappa shape index (κ3) is 4.01. The highest BCUT2D eigenvalue weighted by Gasteiger charge is 2.05. The summed E-state index contributed by atoms with van der Waals surface area (Å²) in [5.74, 6) is -0.0715. The highest BCUT2D eigenvalue weighted by molar-refractivity contribution is 6.01. The van der Waals surface area contributed by atoms with Crippen molar-refractivity contribution in [3.63, 3.8) is 0 Å². The minimum absolute atomic E-state index is 0.0715. The lowest BCUT2D eigenvalue weighted by Gasteiger charge is -2.08. The summed E-state index contributed by atoms with van der Waals surface area (Å²) in [5.41, 5.74) is 2.04. The van der Waals surface area contributed by atoms with Gasteiger partial charge in [0.05, 0.1) is 0 Å². The summed E-state index contributed by atoms with van der Waals surface area (Å²) >= 11 is 0. The maximum Gasteiger partial charge on any atom is 0.323 e. The number of carbonyl (C=O) groups excluding carboxylic acids is 3. The first kappa shape index (κ1) is 14.5. The molecule has 0 aliphatic rings. The summed E-state index contributed by atoms with van der Waals surface area (Å²) < 4.78 is 0. The fourth-order valence-corrected chi connectivity index (χ4v) is 1.80. The van der Waals surface area contributed by atoms with Crippen molar-refractivity contribution in [2.24, 2.45) is 0 Å². The Labute approximate surface area is 122 Å². The molecule has 0 aliphatic carbocycles. The lowest BCUT2D eigenvalue weighted by molar-refractivity contribution is 0.101. The number of carbonyl (C=O) groups is 3. The average molecular weight is 282 g/mol. The van der Waals surface area contributed by atoms with Gasteiger partial charge >= 0.3 is 6.03 Å². The van der Waals surface area contributed by atoms with Gasteiger partial charge in [0.15, 0.2) is 5.78 Å². The van der Waals surface area contributed by atoms with Crippen LogP contribution < -0.4 is 10.6 Å². The van der Waals surface area contributed by atoms with Gasteiger partial charge in [0.25, 0.3) is 0 Å². The quantitative estimate of drug-likeness (QED) is 0.667. The number of benzene rings is 2. The van der Waals surface area contributed by atoms with Crippen LogP contribution in [0.3, 0.4) is 0 Å². The van der Waals surface area contributed by atoms with Crippen molar-refractivity contribution in [2.75, 3.05) is 10.6 Å². The van der Waals surface area contributed by atoms with Crippen molar-refractivity contribution in [2.45, 2.75) is 6.92 Å². The first-order valence-electron chi connectivity index (χ1n) is 6.33. The largest absolute Gasteiger partial charge is 0.323 e. The van der Waals surface area contributed by atoms with Crippen molar-refractivity contribution < 1.29 is 14.4 Å². The predicted octanol–water partition coefficient (Wildman–Crippen LogP) is 3.35. The monoisotopic (exact) mass is 282 g/mol. The molecule has 2 aromatic carbocycles. The van der Waals surface area contributed by atoms with E-state index in [1.807, 2.05) is 0 Å². The van der Waals surface area contributed by atoms with E-state index in [0.29, 0.717) is 28.8 Å². The van der Waals surface area contributed by atoms with Gasteiger partial charge in [0.2, 0.25) is 0 Å². The summed E-state index contributed by atoms with van der Waals surface area (Å²) in [4.78, 5) is 33.8. The van der Waals surface area contributed by atoms with Crippen LogP contribution in [0.25, 0.3) is 0 Å². The maximum absolute atomic E-state index is 11.9. The molecule has 0 spiro atoms. The summed E-state index contributed by atoms with van der Waals surface area (Å²) in [7, 11) is 0. The zero-order valence-electron chi connectivity index (χ0n) is 11.4. The SMILES string of the molecule is CC(=O)c1cccc(NC(=O)Nc2cccc(C=O)c2)c1. The average Bonchev–Trinajstić information content (AvgIpc) is 2.47. The highest BCUT2D eigenvalue weighted by Crippen LogP contribution is 2.13. The van der Waals surface area contributed by atoms with Gasteiger partial charge in [0.1, 0.15) is 6.29 Å². The van der Waals surface area contributed by atoms with E-state index in [2.05, 4.69) is 10.6 Å². The zero-order valence-corrected chi connectivity index (χ0v) is 11.4. The molecule has 0 saturated heterocycles. The van der Waals surface area contributed by atoms with Crippen molar-refractivity contribution >= 4 is 29.5 Å². The molecule has 2 rings (SSSR count). The van der Waals surface area contributed by atoms with Crippen LogP contribution in [0.2, 0.25) is 0 Å². The summed E-state index contributed by atoms with van der Waals surface area (Å²) in [6.07, 6.45) is 0.708. The molecule has 0 radical (unpaired) electrons. The first-order chi connectivity index (χ1) is 10.1. The van der Waals surface area contributed by atoms with Crippen LogP contribution >= 0.6 is 0 Å². The molecule has 0 heterocycles. The van der Waals surface area contributed by atoms with Crippen LogP contribution in [0, 0.1) is 0 Å². The van der Waals surface area contributed by atoms with E-state index in [1.165, 1.54) is 6.92 Å². The van der Waals surface area contributed by atoms with Crippen LogP contribution in [-0.2, 0) is 0 Å². The minimum Gasteiger partial charge on any atom is -0.308 e. The number of hydrogen-bond acceptors (Lipinski definition) is 3. The molecule has 0 unspecified atom stereocenters. The lowest BCUT2D eigenvalue weighted by atomic mass is 10.1. The number of aldehydes is 1. The molecule has 0 bridgehead atoms. The molecular weight excluding hydrogens is 268 g/mol. The van der Waals surface area contributed by atoms with E-state index in [1.54, 1.807) is 48.5 Å². The van der Waals surface area contributed by atoms with E-state index in [-0.39, 0.29) is 5.78 Å². The smallest absolute Gasteiger partial charge is 0.308 e. The number of nitrogens with one attached hydrogen (secondary N) is 2. The van der Waals surface area contributed by atoms with Crippen molar-refractivity contribution in [1.82, 2.24) is 0 Å². The Hall–Kier alpha value is -2.95. The second kappa shape index (κ2) is 6.47. The molecule has 0 saturated carbocycles. The summed E-state index contributed by atoms with van der Waals surface area (Å²) in [6.45, 7) is 1.46. The van der Waals surface area contributed by atoms with Gasteiger partial charge in [-0.05, 0) is 31.2 Å². The molecule has 0 aromatic heterocycles. The Balaban J connectivity index is 2.06. The van der Waals surface area contributed by atoms with E-state index < -0.39 is 6.03 Å². The second-order valence-corrected chi connectivity index (χ2v) is 4.46. The third-order valence-corrected chi connectivity index (χ3v) is 2.81. The minimum atomic E-state index is -0.446. The summed E-state index contributed by atoms with van der Waals surface area (Å²) in [6, 6.07) is 12.8. The second-order valence-electron chi connectivity index (χ2n) is 4.46. The Kier molecular flexibility index (Phi) is 4.46. The Bertz CT molecular complexity index is 695. The molecule has 0 aliphatic heterocycles. The number of urea groups is 1. The molecule has 21 heavy (non-hydrogen) atoms. The molecule has 0 fully saturated rings. The third-order valence-electron chi connectivity index (χ3n) is 2.81. The van der Waals surface area contributed by atoms with E-state index in [9.17, 15) is 14.4 Å². The van der Waals surface area contributed by atoms with E-state index in [4.69, 9.17) is 0 Å². The van der Waals surface area contributed by atoms with Gasteiger partial charge in [-0.1, -0.05) is 24.3 Å². The van der Waals surface area contributed by atoms with Crippen LogP contribution in [0.5, 0.6) is 0 Å². The van der Waals surface area contributed by atoms with Crippen LogP contribution in [0.4, 0.5) is 16.2 Å². The Morgan fingerprint density at radius 3 is 2.19 bits per heavy atom. The maximum atomic E-state index is 11.9. The zero-order chi connectivity index (χ0) is 15.2. The molecule has 106 valence electrons. The number of amides is 2. The van der Waals surface area contributed by atoms with Gasteiger partial charge in [-0.15, -0.1) is 0 Å². The summed E-state index contributed by atoms with van der Waals surface area (Å²) in [5, 5.41) is 5.25. The van der Waals surface area contributed by atoms with Crippen LogP contribution in [0.15, 0.2) is 48.5 Å². The van der Waals surface area contributed by atoms with Gasteiger partial charge in [-0.3, -0.25) is 9.59 Å². The first-order valence-corrected chi connectivity index (χ1v) is 6.33. The molecule has 2 aromatic rings. The molecular formula is C16H14N2O3. The molecule has 0 atom stereocenters. The predicted molar refractivity (Wildman–Crippen MR) is 80.9 cm³/mol. The lowest BCUT2D eigenvalue weighted by Crippen LogP contribution is -2.19. The van der Waals surface area contributed by atoms with Gasteiger partial charge in [-0.2, -0.15) is 0 Å². The fourth-order valence-electron chi connectivity index (χ4n) is 1.80. The molecule has 5 nitrogen and oxygen atoms in total. The van der Waals surface area contributed by atoms with Gasteiger partial charge < -0.3 is 10.6 Å². The highest BCUT2D eigenvalue weighted by atomic mass is 16.2. The topological polar surface area (TPSA) is 75.3 Å². The van der Waals surface area contributed by atoms with E-state index in [0.717, 1.165) is 0 Å². The van der Waals surface area contributed by atoms with E-state index >= 15 is 0 Å². The Morgan fingerprint density at radius 2 is 1.57 bits per heavy atom. The molecule has 2 N–H and O–H groups in total. The van der Waals surface area contributed by atoms with Crippen molar-refractivity contribution in [3.8, 4) is 0 Å². The van der Waals surface area contributed by atoms with Crippen molar-refractivity contribution in [1.29, 1.82) is 0 Å². The van der Waals surface area contributed by atoms with Crippen LogP contribution in [0.1, 0.15) is 27.6 Å². The molecule has 2 amide bonds. The number of rotatable bonds is 4. The fraction of sp³-hybridized carbons (Fsp3) is 0.0625. The standard InChI is InChI=1S/C16H14N2O3/c1-11(20)13-5-3-7-15(9-13)18-16(21)17-14-6-2-4-12(8-14)10-19/h2-10H,1H3,(H2,17,18,21).